The zero-order valence-corrected chi connectivity index (χ0v) is 14.1. The lowest BCUT2D eigenvalue weighted by Gasteiger charge is -2.37. The van der Waals surface area contributed by atoms with Crippen LogP contribution in [0.1, 0.15) is 66.4 Å². The zero-order valence-electron chi connectivity index (χ0n) is 14.1. The SMILES string of the molecule is CC1CCC(N(C[C@@H]2CCCO2)C(=O)c2cc(C(=O)O)co2)CC1. The highest BCUT2D eigenvalue weighted by atomic mass is 16.5. The number of amides is 1. The monoisotopic (exact) mass is 335 g/mol. The predicted octanol–water partition coefficient (Wildman–Crippen LogP) is 3.18. The standard InChI is InChI=1S/C18H25NO5/c1-12-4-6-14(7-5-12)19(10-15-3-2-8-23-15)17(20)16-9-13(11-24-16)18(21)22/h9,11-12,14-15H,2-8,10H2,1H3,(H,21,22)/t12?,14?,15-/m0/s1. The average molecular weight is 335 g/mol. The summed E-state index contributed by atoms with van der Waals surface area (Å²) in [5.74, 6) is -0.514. The summed E-state index contributed by atoms with van der Waals surface area (Å²) in [7, 11) is 0. The van der Waals surface area contributed by atoms with Crippen molar-refractivity contribution < 1.29 is 23.8 Å². The van der Waals surface area contributed by atoms with Crippen molar-refractivity contribution in [2.45, 2.75) is 57.6 Å². The molecule has 0 bridgehead atoms. The van der Waals surface area contributed by atoms with E-state index in [2.05, 4.69) is 6.92 Å². The molecular formula is C18H25NO5. The summed E-state index contributed by atoms with van der Waals surface area (Å²) in [4.78, 5) is 25.8. The van der Waals surface area contributed by atoms with Crippen LogP contribution >= 0.6 is 0 Å². The van der Waals surface area contributed by atoms with E-state index in [4.69, 9.17) is 14.3 Å². The highest BCUT2D eigenvalue weighted by Gasteiger charge is 2.32. The van der Waals surface area contributed by atoms with Crippen molar-refractivity contribution in [1.82, 2.24) is 4.90 Å². The third-order valence-corrected chi connectivity index (χ3v) is 5.17. The second-order valence-corrected chi connectivity index (χ2v) is 7.01. The first-order chi connectivity index (χ1) is 11.5. The fourth-order valence-corrected chi connectivity index (χ4v) is 3.66. The van der Waals surface area contributed by atoms with E-state index in [1.165, 1.54) is 6.07 Å². The van der Waals surface area contributed by atoms with Crippen LogP contribution in [0, 0.1) is 5.92 Å². The average Bonchev–Trinajstić information content (AvgIpc) is 3.24. The molecule has 6 heteroatoms. The van der Waals surface area contributed by atoms with Crippen molar-refractivity contribution in [1.29, 1.82) is 0 Å². The second-order valence-electron chi connectivity index (χ2n) is 7.01. The number of hydrogen-bond donors (Lipinski definition) is 1. The summed E-state index contributed by atoms with van der Waals surface area (Å²) in [6, 6.07) is 1.50. The molecule has 0 aromatic carbocycles. The Morgan fingerprint density at radius 2 is 2.00 bits per heavy atom. The van der Waals surface area contributed by atoms with Gasteiger partial charge in [0.05, 0.1) is 11.7 Å². The molecule has 1 atom stereocenters. The molecule has 2 aliphatic rings. The Balaban J connectivity index is 1.76. The quantitative estimate of drug-likeness (QED) is 0.894. The number of rotatable bonds is 5. The topological polar surface area (TPSA) is 80.0 Å². The van der Waals surface area contributed by atoms with Crippen LogP contribution in [-0.2, 0) is 4.74 Å². The van der Waals surface area contributed by atoms with Gasteiger partial charge in [-0.2, -0.15) is 0 Å². The molecule has 24 heavy (non-hydrogen) atoms. The molecule has 0 unspecified atom stereocenters. The molecule has 132 valence electrons. The molecule has 1 aromatic rings. The van der Waals surface area contributed by atoms with Gasteiger partial charge in [0, 0.05) is 25.3 Å². The van der Waals surface area contributed by atoms with Crippen LogP contribution in [0.3, 0.4) is 0 Å². The van der Waals surface area contributed by atoms with Gasteiger partial charge in [-0.3, -0.25) is 4.79 Å². The Morgan fingerprint density at radius 3 is 2.58 bits per heavy atom. The Hall–Kier alpha value is -1.82. The maximum absolute atomic E-state index is 12.9. The van der Waals surface area contributed by atoms with E-state index in [1.54, 1.807) is 0 Å². The Labute approximate surface area is 141 Å². The lowest BCUT2D eigenvalue weighted by molar-refractivity contribution is 0.0319. The normalized spacial score (nSPS) is 27.1. The minimum atomic E-state index is -1.09. The molecule has 1 saturated heterocycles. The fourth-order valence-electron chi connectivity index (χ4n) is 3.66. The molecule has 1 aliphatic carbocycles. The maximum atomic E-state index is 12.9. The van der Waals surface area contributed by atoms with Crippen LogP contribution in [0.25, 0.3) is 0 Å². The number of ether oxygens (including phenoxy) is 1. The van der Waals surface area contributed by atoms with Crippen LogP contribution in [0.2, 0.25) is 0 Å². The van der Waals surface area contributed by atoms with E-state index < -0.39 is 5.97 Å². The largest absolute Gasteiger partial charge is 0.478 e. The summed E-state index contributed by atoms with van der Waals surface area (Å²) in [6.07, 6.45) is 7.36. The van der Waals surface area contributed by atoms with Gasteiger partial charge in [0.25, 0.3) is 5.91 Å². The highest BCUT2D eigenvalue weighted by molar-refractivity contribution is 5.95. The maximum Gasteiger partial charge on any atom is 0.338 e. The van der Waals surface area contributed by atoms with E-state index in [-0.39, 0.29) is 29.4 Å². The number of carbonyl (C=O) groups is 2. The first kappa shape index (κ1) is 17.0. The van der Waals surface area contributed by atoms with E-state index in [1.807, 2.05) is 4.90 Å². The molecule has 1 aromatic heterocycles. The van der Waals surface area contributed by atoms with Gasteiger partial charge in [0.2, 0.25) is 0 Å². The molecular weight excluding hydrogens is 310 g/mol. The molecule has 3 rings (SSSR count). The van der Waals surface area contributed by atoms with Gasteiger partial charge in [-0.15, -0.1) is 0 Å². The molecule has 1 N–H and O–H groups in total. The number of carboxylic acids is 1. The minimum Gasteiger partial charge on any atom is -0.478 e. The van der Waals surface area contributed by atoms with Crippen LogP contribution in [0.15, 0.2) is 16.7 Å². The molecule has 1 aliphatic heterocycles. The third kappa shape index (κ3) is 3.80. The summed E-state index contributed by atoms with van der Waals surface area (Å²) in [6.45, 7) is 3.55. The van der Waals surface area contributed by atoms with E-state index in [9.17, 15) is 9.59 Å². The Morgan fingerprint density at radius 1 is 1.25 bits per heavy atom. The van der Waals surface area contributed by atoms with Gasteiger partial charge in [0.15, 0.2) is 5.76 Å². The van der Waals surface area contributed by atoms with E-state index in [0.717, 1.165) is 51.4 Å². The van der Waals surface area contributed by atoms with Crippen molar-refractivity contribution in [2.75, 3.05) is 13.2 Å². The van der Waals surface area contributed by atoms with Crippen LogP contribution in [-0.4, -0.2) is 47.2 Å². The summed E-state index contributed by atoms with van der Waals surface area (Å²) in [5.41, 5.74) is 0.00711. The van der Waals surface area contributed by atoms with Crippen molar-refractivity contribution in [3.63, 3.8) is 0 Å². The number of carbonyl (C=O) groups excluding carboxylic acids is 1. The molecule has 1 amide bonds. The highest BCUT2D eigenvalue weighted by Crippen LogP contribution is 2.29. The number of hydrogen-bond acceptors (Lipinski definition) is 4. The molecule has 2 heterocycles. The summed E-state index contributed by atoms with van der Waals surface area (Å²) < 4.78 is 10.9. The van der Waals surface area contributed by atoms with Gasteiger partial charge < -0.3 is 19.2 Å². The summed E-state index contributed by atoms with van der Waals surface area (Å²) in [5, 5.41) is 9.02. The van der Waals surface area contributed by atoms with Gasteiger partial charge in [-0.1, -0.05) is 6.92 Å². The number of carboxylic acid groups (broad SMARTS) is 1. The first-order valence-corrected chi connectivity index (χ1v) is 8.79. The fraction of sp³-hybridized carbons (Fsp3) is 0.667. The van der Waals surface area contributed by atoms with Crippen molar-refractivity contribution >= 4 is 11.9 Å². The Kier molecular flexibility index (Phi) is 5.23. The van der Waals surface area contributed by atoms with Crippen LogP contribution in [0.5, 0.6) is 0 Å². The van der Waals surface area contributed by atoms with E-state index in [0.29, 0.717) is 12.5 Å². The predicted molar refractivity (Wildman–Crippen MR) is 87.1 cm³/mol. The minimum absolute atomic E-state index is 0.00711. The molecule has 0 radical (unpaired) electrons. The van der Waals surface area contributed by atoms with Gasteiger partial charge in [0.1, 0.15) is 6.26 Å². The lowest BCUT2D eigenvalue weighted by Crippen LogP contribution is -2.45. The molecule has 1 saturated carbocycles. The first-order valence-electron chi connectivity index (χ1n) is 8.79. The number of aromatic carboxylic acids is 1. The second kappa shape index (κ2) is 7.38. The molecule has 2 fully saturated rings. The zero-order chi connectivity index (χ0) is 17.1. The van der Waals surface area contributed by atoms with E-state index >= 15 is 0 Å². The Bertz CT molecular complexity index is 582. The smallest absolute Gasteiger partial charge is 0.338 e. The molecule has 0 spiro atoms. The third-order valence-electron chi connectivity index (χ3n) is 5.17. The van der Waals surface area contributed by atoms with Crippen molar-refractivity contribution in [3.8, 4) is 0 Å². The van der Waals surface area contributed by atoms with Gasteiger partial charge >= 0.3 is 5.97 Å². The number of nitrogens with zero attached hydrogens (tertiary/aromatic N) is 1. The van der Waals surface area contributed by atoms with Crippen LogP contribution in [0.4, 0.5) is 0 Å². The van der Waals surface area contributed by atoms with Crippen molar-refractivity contribution in [2.24, 2.45) is 5.92 Å². The van der Waals surface area contributed by atoms with Crippen LogP contribution < -0.4 is 0 Å². The number of furan rings is 1. The molecule has 6 nitrogen and oxygen atoms in total. The van der Waals surface area contributed by atoms with Gasteiger partial charge in [-0.05, 0) is 44.4 Å². The van der Waals surface area contributed by atoms with Crippen molar-refractivity contribution in [3.05, 3.63) is 23.7 Å². The lowest BCUT2D eigenvalue weighted by atomic mass is 9.86. The summed E-state index contributed by atoms with van der Waals surface area (Å²) >= 11 is 0. The van der Waals surface area contributed by atoms with Gasteiger partial charge in [-0.25, -0.2) is 4.79 Å².